The van der Waals surface area contributed by atoms with Crippen molar-refractivity contribution in [3.8, 4) is 22.4 Å². The van der Waals surface area contributed by atoms with Gasteiger partial charge in [0.25, 0.3) is 0 Å². The topological polar surface area (TPSA) is 39.2 Å². The van der Waals surface area contributed by atoms with Crippen LogP contribution in [-0.2, 0) is 0 Å². The third-order valence-electron chi connectivity index (χ3n) is 10.0. The molecule has 0 saturated carbocycles. The summed E-state index contributed by atoms with van der Waals surface area (Å²) in [5.74, 6) is 0. The molecule has 0 bridgehead atoms. The molecule has 48 heavy (non-hydrogen) atoms. The van der Waals surface area contributed by atoms with Gasteiger partial charge in [0.05, 0.1) is 11.2 Å². The molecule has 0 spiro atoms. The summed E-state index contributed by atoms with van der Waals surface area (Å²) in [7, 11) is 0. The van der Waals surface area contributed by atoms with Gasteiger partial charge in [-0.25, -0.2) is 4.98 Å². The van der Waals surface area contributed by atoms with E-state index >= 15 is 0 Å². The number of fused-ring (bicyclic) bond motifs is 13. The number of para-hydroxylation sites is 2. The van der Waals surface area contributed by atoms with E-state index in [0.29, 0.717) is 0 Å². The average Bonchev–Trinajstić information content (AvgIpc) is 3.72. The summed E-state index contributed by atoms with van der Waals surface area (Å²) in [6, 6.07) is 53.5. The van der Waals surface area contributed by atoms with Crippen molar-refractivity contribution in [1.29, 1.82) is 0 Å². The molecule has 0 atom stereocenters. The number of rotatable bonds is 2. The molecule has 3 heterocycles. The van der Waals surface area contributed by atoms with Gasteiger partial charge in [0.1, 0.15) is 22.3 Å². The maximum Gasteiger partial charge on any atom is 0.144 e. The summed E-state index contributed by atoms with van der Waals surface area (Å²) in [6.45, 7) is 0. The Kier molecular flexibility index (Phi) is 5.11. The number of hydrogen-bond donors (Lipinski definition) is 0. The van der Waals surface area contributed by atoms with E-state index in [9.17, 15) is 0 Å². The molecule has 0 fully saturated rings. The van der Waals surface area contributed by atoms with E-state index in [-0.39, 0.29) is 0 Å². The quantitative estimate of drug-likeness (QED) is 0.183. The lowest BCUT2D eigenvalue weighted by atomic mass is 9.94. The zero-order valence-corrected chi connectivity index (χ0v) is 25.7. The first kappa shape index (κ1) is 25.7. The molecule has 3 aromatic heterocycles. The van der Waals surface area contributed by atoms with Gasteiger partial charge >= 0.3 is 0 Å². The zero-order valence-electron chi connectivity index (χ0n) is 25.7. The van der Waals surface area contributed by atoms with E-state index in [1.807, 2.05) is 18.2 Å². The van der Waals surface area contributed by atoms with Gasteiger partial charge in [-0.2, -0.15) is 0 Å². The highest BCUT2D eigenvalue weighted by Crippen LogP contribution is 2.44. The Morgan fingerprint density at radius 2 is 1.00 bits per heavy atom. The Morgan fingerprint density at radius 1 is 0.375 bits per heavy atom. The van der Waals surface area contributed by atoms with Crippen molar-refractivity contribution in [2.45, 2.75) is 0 Å². The molecule has 222 valence electrons. The summed E-state index contributed by atoms with van der Waals surface area (Å²) < 4.78 is 13.2. The van der Waals surface area contributed by atoms with Gasteiger partial charge in [-0.3, -0.25) is 0 Å². The Morgan fingerprint density at radius 3 is 1.85 bits per heavy atom. The lowest BCUT2D eigenvalue weighted by molar-refractivity contribution is 0.670. The smallest absolute Gasteiger partial charge is 0.144 e. The summed E-state index contributed by atoms with van der Waals surface area (Å²) in [4.78, 5) is 5.22. The van der Waals surface area contributed by atoms with Crippen LogP contribution in [0.3, 0.4) is 0 Å². The molecule has 8 aromatic carbocycles. The highest BCUT2D eigenvalue weighted by Gasteiger charge is 2.19. The van der Waals surface area contributed by atoms with Crippen molar-refractivity contribution in [1.82, 2.24) is 4.98 Å². The van der Waals surface area contributed by atoms with E-state index in [1.165, 1.54) is 21.5 Å². The van der Waals surface area contributed by atoms with Gasteiger partial charge in [0.15, 0.2) is 0 Å². The molecule has 3 nitrogen and oxygen atoms in total. The molecule has 3 heteroatoms. The van der Waals surface area contributed by atoms with Crippen molar-refractivity contribution < 1.29 is 8.83 Å². The predicted molar refractivity (Wildman–Crippen MR) is 200 cm³/mol. The summed E-state index contributed by atoms with van der Waals surface area (Å²) in [5, 5.41) is 12.6. The normalized spacial score (nSPS) is 12.2. The van der Waals surface area contributed by atoms with E-state index in [0.717, 1.165) is 87.9 Å². The Balaban J connectivity index is 1.14. The molecular formula is C45H25NO2. The highest BCUT2D eigenvalue weighted by molar-refractivity contribution is 6.26. The number of benzene rings is 8. The second-order valence-corrected chi connectivity index (χ2v) is 12.7. The summed E-state index contributed by atoms with van der Waals surface area (Å²) >= 11 is 0. The molecule has 0 aliphatic heterocycles. The molecule has 0 saturated heterocycles. The number of aromatic nitrogens is 1. The third kappa shape index (κ3) is 3.56. The molecule has 0 N–H and O–H groups in total. The largest absolute Gasteiger partial charge is 0.455 e. The van der Waals surface area contributed by atoms with Gasteiger partial charge < -0.3 is 8.83 Å². The van der Waals surface area contributed by atoms with Crippen molar-refractivity contribution in [2.24, 2.45) is 0 Å². The fourth-order valence-corrected chi connectivity index (χ4v) is 7.77. The molecule has 11 aromatic rings. The average molecular weight is 612 g/mol. The number of nitrogens with zero attached hydrogens (tertiary/aromatic N) is 1. The molecule has 11 rings (SSSR count). The predicted octanol–water partition coefficient (Wildman–Crippen LogP) is 12.8. The third-order valence-corrected chi connectivity index (χ3v) is 10.0. The summed E-state index contributed by atoms with van der Waals surface area (Å²) in [6.07, 6.45) is 0. The van der Waals surface area contributed by atoms with Crippen molar-refractivity contribution in [3.63, 3.8) is 0 Å². The molecule has 0 aliphatic rings. The van der Waals surface area contributed by atoms with Crippen LogP contribution in [0, 0.1) is 0 Å². The molecule has 0 aliphatic carbocycles. The van der Waals surface area contributed by atoms with E-state index in [1.54, 1.807) is 0 Å². The molecule has 0 radical (unpaired) electrons. The first-order chi connectivity index (χ1) is 23.8. The molecule has 0 amide bonds. The monoisotopic (exact) mass is 611 g/mol. The molecular weight excluding hydrogens is 587 g/mol. The highest BCUT2D eigenvalue weighted by atomic mass is 16.3. The van der Waals surface area contributed by atoms with Crippen LogP contribution in [0.2, 0.25) is 0 Å². The molecule has 0 unspecified atom stereocenters. The minimum Gasteiger partial charge on any atom is -0.455 e. The lowest BCUT2D eigenvalue weighted by Gasteiger charge is -2.12. The minimum absolute atomic E-state index is 0.896. The van der Waals surface area contributed by atoms with Crippen LogP contribution in [0.4, 0.5) is 0 Å². The van der Waals surface area contributed by atoms with Crippen LogP contribution in [0.5, 0.6) is 0 Å². The standard InChI is InChI=1S/C45H25NO2/c1-2-10-29-25-40-37(23-28(29)9-1)41-31-12-4-3-11-30(31)24-36(45(41)48-40)26-17-19-27(20-18-26)43-35-22-21-33-32-13-6-8-16-39(32)47-44(33)42(35)34-14-5-7-15-38(34)46-43/h1-25H. The Bertz CT molecular complexity index is 3070. The number of hydrogen-bond acceptors (Lipinski definition) is 3. The van der Waals surface area contributed by atoms with Crippen LogP contribution in [0.25, 0.3) is 109 Å². The van der Waals surface area contributed by atoms with Gasteiger partial charge in [0.2, 0.25) is 0 Å². The van der Waals surface area contributed by atoms with Crippen molar-refractivity contribution >= 4 is 87.1 Å². The van der Waals surface area contributed by atoms with E-state index < -0.39 is 0 Å². The maximum atomic E-state index is 6.72. The van der Waals surface area contributed by atoms with Crippen LogP contribution in [0.1, 0.15) is 0 Å². The van der Waals surface area contributed by atoms with E-state index in [2.05, 4.69) is 133 Å². The van der Waals surface area contributed by atoms with Gasteiger partial charge in [0, 0.05) is 48.8 Å². The first-order valence-corrected chi connectivity index (χ1v) is 16.3. The van der Waals surface area contributed by atoms with Crippen molar-refractivity contribution in [2.75, 3.05) is 0 Å². The number of furan rings is 2. The van der Waals surface area contributed by atoms with Crippen LogP contribution >= 0.6 is 0 Å². The van der Waals surface area contributed by atoms with Gasteiger partial charge in [-0.15, -0.1) is 0 Å². The fourth-order valence-electron chi connectivity index (χ4n) is 7.77. The summed E-state index contributed by atoms with van der Waals surface area (Å²) in [5.41, 5.74) is 8.74. The minimum atomic E-state index is 0.896. The lowest BCUT2D eigenvalue weighted by Crippen LogP contribution is -1.90. The SMILES string of the molecule is c1ccc2cc3c(cc2c1)oc1c(-c2ccc(-c4nc5ccccc5c5c4ccc4c6ccccc6oc45)cc2)cc2ccccc2c13. The second-order valence-electron chi connectivity index (χ2n) is 12.7. The Hall–Kier alpha value is -6.45. The van der Waals surface area contributed by atoms with Crippen LogP contribution in [-0.4, -0.2) is 4.98 Å². The van der Waals surface area contributed by atoms with Crippen LogP contribution in [0.15, 0.2) is 160 Å². The first-order valence-electron chi connectivity index (χ1n) is 16.3. The maximum absolute atomic E-state index is 6.72. The fraction of sp³-hybridized carbons (Fsp3) is 0. The Labute approximate surface area is 274 Å². The zero-order chi connectivity index (χ0) is 31.3. The van der Waals surface area contributed by atoms with Gasteiger partial charge in [-0.1, -0.05) is 115 Å². The number of pyridine rings is 1. The van der Waals surface area contributed by atoms with Crippen LogP contribution < -0.4 is 0 Å². The van der Waals surface area contributed by atoms with E-state index in [4.69, 9.17) is 13.8 Å². The second kappa shape index (κ2) is 9.54. The van der Waals surface area contributed by atoms with Gasteiger partial charge in [-0.05, 0) is 63.5 Å². The van der Waals surface area contributed by atoms with Crippen molar-refractivity contribution in [3.05, 3.63) is 152 Å².